The molecule has 3 nitrogen and oxygen atoms in total. The van der Waals surface area contributed by atoms with Gasteiger partial charge in [0.05, 0.1) is 10.5 Å². The first kappa shape index (κ1) is 17.4. The highest BCUT2D eigenvalue weighted by molar-refractivity contribution is 9.09. The van der Waals surface area contributed by atoms with Crippen LogP contribution in [-0.4, -0.2) is 48.3 Å². The SMILES string of the molecule is CC(C)N(CCCBr)CCS(=O)(=O)C(C)(C)C. The summed E-state index contributed by atoms with van der Waals surface area (Å²) in [5, 5.41) is 0.961. The second-order valence-corrected chi connectivity index (χ2v) is 9.26. The van der Waals surface area contributed by atoms with Gasteiger partial charge in [-0.25, -0.2) is 8.42 Å². The van der Waals surface area contributed by atoms with Crippen molar-refractivity contribution in [1.82, 2.24) is 4.90 Å². The van der Waals surface area contributed by atoms with Crippen LogP contribution in [0.15, 0.2) is 0 Å². The zero-order valence-corrected chi connectivity index (χ0v) is 14.1. The molecule has 0 saturated heterocycles. The molecule has 0 amide bonds. The number of hydrogen-bond acceptors (Lipinski definition) is 3. The van der Waals surface area contributed by atoms with E-state index in [1.54, 1.807) is 20.8 Å². The van der Waals surface area contributed by atoms with Crippen LogP contribution in [0.4, 0.5) is 0 Å². The first-order valence-electron chi connectivity index (χ1n) is 6.14. The number of rotatable bonds is 7. The van der Waals surface area contributed by atoms with Gasteiger partial charge in [0.2, 0.25) is 0 Å². The minimum atomic E-state index is -3.00. The first-order chi connectivity index (χ1) is 7.62. The maximum absolute atomic E-state index is 12.0. The summed E-state index contributed by atoms with van der Waals surface area (Å²) in [5.74, 6) is 0.247. The molecule has 0 aromatic rings. The largest absolute Gasteiger partial charge is 0.300 e. The molecule has 0 spiro atoms. The lowest BCUT2D eigenvalue weighted by Gasteiger charge is -2.28. The molecule has 0 heterocycles. The molecule has 0 aliphatic heterocycles. The van der Waals surface area contributed by atoms with Crippen molar-refractivity contribution < 1.29 is 8.42 Å². The predicted molar refractivity (Wildman–Crippen MR) is 78.7 cm³/mol. The maximum Gasteiger partial charge on any atom is 0.156 e. The Morgan fingerprint density at radius 2 is 1.71 bits per heavy atom. The topological polar surface area (TPSA) is 37.4 Å². The second-order valence-electron chi connectivity index (χ2n) is 5.60. The fourth-order valence-electron chi connectivity index (χ4n) is 1.43. The highest BCUT2D eigenvalue weighted by Crippen LogP contribution is 2.16. The highest BCUT2D eigenvalue weighted by Gasteiger charge is 2.29. The van der Waals surface area contributed by atoms with Crippen molar-refractivity contribution >= 4 is 25.8 Å². The Kier molecular flexibility index (Phi) is 7.26. The number of alkyl halides is 1. The Morgan fingerprint density at radius 1 is 1.18 bits per heavy atom. The predicted octanol–water partition coefficient (Wildman–Crippen LogP) is 2.70. The van der Waals surface area contributed by atoms with Crippen molar-refractivity contribution in [2.75, 3.05) is 24.2 Å². The molecule has 17 heavy (non-hydrogen) atoms. The molecular weight excluding hydrogens is 302 g/mol. The van der Waals surface area contributed by atoms with Crippen molar-refractivity contribution in [3.05, 3.63) is 0 Å². The third-order valence-corrected chi connectivity index (χ3v) is 6.04. The van der Waals surface area contributed by atoms with E-state index < -0.39 is 14.6 Å². The van der Waals surface area contributed by atoms with Gasteiger partial charge in [-0.05, 0) is 47.6 Å². The van der Waals surface area contributed by atoms with E-state index >= 15 is 0 Å². The molecule has 0 atom stereocenters. The zero-order valence-electron chi connectivity index (χ0n) is 11.7. The molecule has 0 fully saturated rings. The van der Waals surface area contributed by atoms with E-state index in [1.165, 1.54) is 0 Å². The molecule has 0 aromatic carbocycles. The van der Waals surface area contributed by atoms with Crippen LogP contribution in [-0.2, 0) is 9.84 Å². The standard InChI is InChI=1S/C12H26BrNO2S/c1-11(2)14(8-6-7-13)9-10-17(15,16)12(3,4)5/h11H,6-10H2,1-5H3. The average molecular weight is 328 g/mol. The molecule has 0 rings (SSSR count). The fourth-order valence-corrected chi connectivity index (χ4v) is 2.77. The fraction of sp³-hybridized carbons (Fsp3) is 1.00. The summed E-state index contributed by atoms with van der Waals surface area (Å²) in [6.45, 7) is 11.1. The van der Waals surface area contributed by atoms with Crippen molar-refractivity contribution in [2.24, 2.45) is 0 Å². The molecule has 0 bridgehead atoms. The summed E-state index contributed by atoms with van der Waals surface area (Å²) in [4.78, 5) is 2.23. The Labute approximate surface area is 115 Å². The van der Waals surface area contributed by atoms with E-state index in [0.29, 0.717) is 12.6 Å². The summed E-state index contributed by atoms with van der Waals surface area (Å²) < 4.78 is 23.4. The van der Waals surface area contributed by atoms with Crippen molar-refractivity contribution in [3.8, 4) is 0 Å². The van der Waals surface area contributed by atoms with Gasteiger partial charge in [0.25, 0.3) is 0 Å². The number of nitrogens with zero attached hydrogens (tertiary/aromatic N) is 1. The van der Waals surface area contributed by atoms with E-state index in [1.807, 2.05) is 0 Å². The Bertz CT molecular complexity index is 307. The zero-order chi connectivity index (χ0) is 13.7. The Morgan fingerprint density at radius 3 is 2.06 bits per heavy atom. The van der Waals surface area contributed by atoms with Gasteiger partial charge in [0.15, 0.2) is 9.84 Å². The summed E-state index contributed by atoms with van der Waals surface area (Å²) in [6, 6.07) is 0.393. The molecule has 0 aromatic heterocycles. The summed E-state index contributed by atoms with van der Waals surface area (Å²) in [7, 11) is -3.00. The van der Waals surface area contributed by atoms with E-state index in [2.05, 4.69) is 34.7 Å². The maximum atomic E-state index is 12.0. The summed E-state index contributed by atoms with van der Waals surface area (Å²) in [5.41, 5.74) is 0. The van der Waals surface area contributed by atoms with Crippen molar-refractivity contribution in [1.29, 1.82) is 0 Å². The molecule has 5 heteroatoms. The van der Waals surface area contributed by atoms with Gasteiger partial charge < -0.3 is 0 Å². The summed E-state index contributed by atoms with van der Waals surface area (Å²) >= 11 is 3.40. The molecule has 0 radical (unpaired) electrons. The molecule has 104 valence electrons. The van der Waals surface area contributed by atoms with Crippen LogP contribution in [0.3, 0.4) is 0 Å². The summed E-state index contributed by atoms with van der Waals surface area (Å²) in [6.07, 6.45) is 1.05. The second kappa shape index (κ2) is 7.10. The van der Waals surface area contributed by atoms with Crippen LogP contribution in [0.5, 0.6) is 0 Å². The molecule has 0 aliphatic rings. The number of hydrogen-bond donors (Lipinski definition) is 0. The Hall–Kier alpha value is 0.390. The molecule has 0 saturated carbocycles. The highest BCUT2D eigenvalue weighted by atomic mass is 79.9. The molecule has 0 aliphatic carbocycles. The molecular formula is C12H26BrNO2S. The van der Waals surface area contributed by atoms with Crippen LogP contribution in [0.25, 0.3) is 0 Å². The lowest BCUT2D eigenvalue weighted by Crippen LogP contribution is -2.40. The Balaban J connectivity index is 4.41. The minimum Gasteiger partial charge on any atom is -0.300 e. The van der Waals surface area contributed by atoms with Crippen molar-refractivity contribution in [3.63, 3.8) is 0 Å². The van der Waals surface area contributed by atoms with Crippen LogP contribution >= 0.6 is 15.9 Å². The van der Waals surface area contributed by atoms with Crippen LogP contribution in [0.2, 0.25) is 0 Å². The van der Waals surface area contributed by atoms with Crippen LogP contribution in [0.1, 0.15) is 41.0 Å². The van der Waals surface area contributed by atoms with Gasteiger partial charge in [-0.15, -0.1) is 0 Å². The van der Waals surface area contributed by atoms with Gasteiger partial charge in [0, 0.05) is 17.9 Å². The number of sulfone groups is 1. The smallest absolute Gasteiger partial charge is 0.156 e. The van der Waals surface area contributed by atoms with Crippen molar-refractivity contribution in [2.45, 2.75) is 51.8 Å². The molecule has 0 N–H and O–H groups in total. The monoisotopic (exact) mass is 327 g/mol. The third kappa shape index (κ3) is 6.20. The van der Waals surface area contributed by atoms with Crippen LogP contribution in [0, 0.1) is 0 Å². The lowest BCUT2D eigenvalue weighted by atomic mass is 10.3. The van der Waals surface area contributed by atoms with Crippen LogP contribution < -0.4 is 0 Å². The van der Waals surface area contributed by atoms with Gasteiger partial charge in [-0.1, -0.05) is 15.9 Å². The van der Waals surface area contributed by atoms with Gasteiger partial charge in [-0.3, -0.25) is 4.90 Å². The van der Waals surface area contributed by atoms with Gasteiger partial charge in [0.1, 0.15) is 0 Å². The first-order valence-corrected chi connectivity index (χ1v) is 8.91. The van der Waals surface area contributed by atoms with Gasteiger partial charge in [-0.2, -0.15) is 0 Å². The lowest BCUT2D eigenvalue weighted by molar-refractivity contribution is 0.235. The quantitative estimate of drug-likeness (QED) is 0.675. The molecule has 0 unspecified atom stereocenters. The third-order valence-electron chi connectivity index (χ3n) is 2.89. The van der Waals surface area contributed by atoms with E-state index in [9.17, 15) is 8.42 Å². The average Bonchev–Trinajstić information content (AvgIpc) is 2.15. The normalized spacial score (nSPS) is 13.6. The van der Waals surface area contributed by atoms with E-state index in [0.717, 1.165) is 18.3 Å². The number of halogens is 1. The minimum absolute atomic E-state index is 0.247. The van der Waals surface area contributed by atoms with Gasteiger partial charge >= 0.3 is 0 Å². The van der Waals surface area contributed by atoms with E-state index in [4.69, 9.17) is 0 Å². The van der Waals surface area contributed by atoms with E-state index in [-0.39, 0.29) is 5.75 Å².